The van der Waals surface area contributed by atoms with Gasteiger partial charge in [0.25, 0.3) is 0 Å². The van der Waals surface area contributed by atoms with Gasteiger partial charge in [-0.15, -0.1) is 0 Å². The van der Waals surface area contributed by atoms with Crippen LogP contribution in [-0.2, 0) is 11.3 Å². The maximum Gasteiger partial charge on any atom is 0.350 e. The van der Waals surface area contributed by atoms with Crippen LogP contribution in [0.15, 0.2) is 18.2 Å². The van der Waals surface area contributed by atoms with Crippen LogP contribution in [0.25, 0.3) is 0 Å². The van der Waals surface area contributed by atoms with Crippen molar-refractivity contribution < 1.29 is 34.0 Å². The van der Waals surface area contributed by atoms with Crippen molar-refractivity contribution in [2.75, 3.05) is 63.2 Å². The fourth-order valence-corrected chi connectivity index (χ4v) is 5.37. The number of ether oxygens (including phenoxy) is 4. The van der Waals surface area contributed by atoms with Gasteiger partial charge in [-0.05, 0) is 38.0 Å². The molecule has 41 heavy (non-hydrogen) atoms. The first-order valence-corrected chi connectivity index (χ1v) is 14.0. The molecule has 0 radical (unpaired) electrons. The number of esters is 1. The second-order valence-electron chi connectivity index (χ2n) is 9.35. The summed E-state index contributed by atoms with van der Waals surface area (Å²) in [6.45, 7) is 5.01. The lowest BCUT2D eigenvalue weighted by molar-refractivity contribution is 0.0520. The second-order valence-corrected chi connectivity index (χ2v) is 10.3. The van der Waals surface area contributed by atoms with E-state index in [4.69, 9.17) is 23.9 Å². The standard InChI is InChI=1S/C27H36N6O7S/c1-6-40-25(36)24-15(2)29-27(41-24)32-26-30-21(11-22(31-26)33-8-7-18(35)17(13-33)14-34)28-12-16-9-19(37-3)23(39-5)20(10-16)38-4/h9-11,17-18,34-35H,6-8,12-14H2,1-5H3,(H2,28,29,30,31,32). The number of aromatic nitrogens is 3. The van der Waals surface area contributed by atoms with E-state index in [0.717, 1.165) is 16.9 Å². The first kappa shape index (κ1) is 30.1. The number of hydrogen-bond acceptors (Lipinski definition) is 14. The number of methoxy groups -OCH3 is 3. The van der Waals surface area contributed by atoms with Crippen molar-refractivity contribution in [1.82, 2.24) is 15.0 Å². The number of nitrogens with zero attached hydrogens (tertiary/aromatic N) is 4. The molecule has 0 bridgehead atoms. The Morgan fingerprint density at radius 1 is 1.12 bits per heavy atom. The molecule has 1 fully saturated rings. The summed E-state index contributed by atoms with van der Waals surface area (Å²) < 4.78 is 21.5. The largest absolute Gasteiger partial charge is 0.493 e. The highest BCUT2D eigenvalue weighted by Gasteiger charge is 2.28. The summed E-state index contributed by atoms with van der Waals surface area (Å²) >= 11 is 1.16. The molecular weight excluding hydrogens is 552 g/mol. The van der Waals surface area contributed by atoms with E-state index in [2.05, 4.69) is 20.6 Å². The fourth-order valence-electron chi connectivity index (χ4n) is 4.51. The lowest BCUT2D eigenvalue weighted by Gasteiger charge is -2.36. The molecule has 1 saturated heterocycles. The van der Waals surface area contributed by atoms with E-state index in [-0.39, 0.29) is 25.1 Å². The fraction of sp³-hybridized carbons (Fsp3) is 0.481. The number of carbonyl (C=O) groups excluding carboxylic acids is 1. The van der Waals surface area contributed by atoms with Crippen molar-refractivity contribution in [3.05, 3.63) is 34.3 Å². The molecule has 222 valence electrons. The van der Waals surface area contributed by atoms with Gasteiger partial charge in [0.05, 0.1) is 46.3 Å². The zero-order valence-corrected chi connectivity index (χ0v) is 24.6. The monoisotopic (exact) mass is 588 g/mol. The number of aryl methyl sites for hydroxylation is 1. The van der Waals surface area contributed by atoms with E-state index in [1.807, 2.05) is 23.1 Å². The number of nitrogens with one attached hydrogen (secondary N) is 2. The summed E-state index contributed by atoms with van der Waals surface area (Å²) in [7, 11) is 4.67. The highest BCUT2D eigenvalue weighted by Crippen LogP contribution is 2.38. The lowest BCUT2D eigenvalue weighted by Crippen LogP contribution is -2.45. The number of thiazole rings is 1. The molecule has 14 heteroatoms. The van der Waals surface area contributed by atoms with Gasteiger partial charge in [-0.3, -0.25) is 5.32 Å². The summed E-state index contributed by atoms with van der Waals surface area (Å²) in [5.74, 6) is 2.25. The van der Waals surface area contributed by atoms with Crippen LogP contribution >= 0.6 is 11.3 Å². The predicted molar refractivity (Wildman–Crippen MR) is 155 cm³/mol. The molecule has 0 amide bonds. The van der Waals surface area contributed by atoms with Crippen LogP contribution in [0.5, 0.6) is 17.2 Å². The molecule has 13 nitrogen and oxygen atoms in total. The Morgan fingerprint density at radius 2 is 1.85 bits per heavy atom. The van der Waals surface area contributed by atoms with E-state index in [1.165, 1.54) is 0 Å². The summed E-state index contributed by atoms with van der Waals surface area (Å²) in [5.41, 5.74) is 1.41. The number of aliphatic hydroxyl groups excluding tert-OH is 2. The predicted octanol–water partition coefficient (Wildman–Crippen LogP) is 2.98. The van der Waals surface area contributed by atoms with Crippen LogP contribution in [0.2, 0.25) is 0 Å². The molecule has 1 aliphatic rings. The van der Waals surface area contributed by atoms with Crippen LogP contribution in [0, 0.1) is 12.8 Å². The number of anilines is 4. The maximum absolute atomic E-state index is 12.3. The lowest BCUT2D eigenvalue weighted by atomic mass is 9.95. The highest BCUT2D eigenvalue weighted by molar-refractivity contribution is 7.17. The summed E-state index contributed by atoms with van der Waals surface area (Å²) in [6.07, 6.45) is -0.0753. The molecular formula is C27H36N6O7S. The molecule has 0 aliphatic carbocycles. The van der Waals surface area contributed by atoms with Gasteiger partial charge in [0, 0.05) is 31.6 Å². The second kappa shape index (κ2) is 13.7. The van der Waals surface area contributed by atoms with E-state index in [9.17, 15) is 15.0 Å². The number of carbonyl (C=O) groups is 1. The van der Waals surface area contributed by atoms with Gasteiger partial charge in [0.15, 0.2) is 16.6 Å². The van der Waals surface area contributed by atoms with Crippen LogP contribution in [0.3, 0.4) is 0 Å². The van der Waals surface area contributed by atoms with Gasteiger partial charge in [-0.1, -0.05) is 11.3 Å². The van der Waals surface area contributed by atoms with E-state index < -0.39 is 12.1 Å². The normalized spacial score (nSPS) is 16.7. The van der Waals surface area contributed by atoms with Crippen LogP contribution in [-0.4, -0.2) is 84.9 Å². The third-order valence-corrected chi connectivity index (χ3v) is 7.69. The van der Waals surface area contributed by atoms with Crippen molar-refractivity contribution in [1.29, 1.82) is 0 Å². The van der Waals surface area contributed by atoms with Crippen LogP contribution in [0.4, 0.5) is 22.7 Å². The maximum atomic E-state index is 12.3. The van der Waals surface area contributed by atoms with Crippen molar-refractivity contribution >= 4 is 40.0 Å². The van der Waals surface area contributed by atoms with Gasteiger partial charge < -0.3 is 39.4 Å². The number of hydrogen-bond donors (Lipinski definition) is 4. The number of rotatable bonds is 12. The average Bonchev–Trinajstić information content (AvgIpc) is 3.35. The van der Waals surface area contributed by atoms with Crippen molar-refractivity contribution in [3.63, 3.8) is 0 Å². The zero-order valence-electron chi connectivity index (χ0n) is 23.8. The molecule has 2 unspecified atom stereocenters. The van der Waals surface area contributed by atoms with Crippen LogP contribution < -0.4 is 29.7 Å². The van der Waals surface area contributed by atoms with Crippen molar-refractivity contribution in [3.8, 4) is 17.2 Å². The third kappa shape index (κ3) is 7.07. The first-order valence-electron chi connectivity index (χ1n) is 13.2. The van der Waals surface area contributed by atoms with Crippen LogP contribution in [0.1, 0.15) is 34.3 Å². The Hall–Kier alpha value is -3.88. The molecule has 0 saturated carbocycles. The van der Waals surface area contributed by atoms with E-state index in [0.29, 0.717) is 70.6 Å². The summed E-state index contributed by atoms with van der Waals surface area (Å²) in [5, 5.41) is 26.9. The molecule has 3 heterocycles. The van der Waals surface area contributed by atoms with Gasteiger partial charge in [-0.2, -0.15) is 9.97 Å². The Labute approximate surface area is 242 Å². The summed E-state index contributed by atoms with van der Waals surface area (Å²) in [4.78, 5) is 28.5. The molecule has 4 rings (SSSR count). The molecule has 4 N–H and O–H groups in total. The topological polar surface area (TPSA) is 160 Å². The minimum Gasteiger partial charge on any atom is -0.493 e. The minimum atomic E-state index is -0.576. The molecule has 3 aromatic rings. The molecule has 1 aliphatic heterocycles. The van der Waals surface area contributed by atoms with Crippen molar-refractivity contribution in [2.45, 2.75) is 32.9 Å². The minimum absolute atomic E-state index is 0.130. The SMILES string of the molecule is CCOC(=O)c1sc(Nc2nc(NCc3cc(OC)c(OC)c(OC)c3)cc(N3CCC(O)C(CO)C3)n2)nc1C. The summed E-state index contributed by atoms with van der Waals surface area (Å²) in [6, 6.07) is 5.51. The number of piperidine rings is 1. The van der Waals surface area contributed by atoms with Crippen molar-refractivity contribution in [2.24, 2.45) is 5.92 Å². The average molecular weight is 589 g/mol. The van der Waals surface area contributed by atoms with E-state index in [1.54, 1.807) is 35.2 Å². The Morgan fingerprint density at radius 3 is 2.49 bits per heavy atom. The first-order chi connectivity index (χ1) is 19.8. The quantitative estimate of drug-likeness (QED) is 0.229. The Balaban J connectivity index is 1.63. The van der Waals surface area contributed by atoms with Gasteiger partial charge in [0.1, 0.15) is 16.5 Å². The smallest absolute Gasteiger partial charge is 0.350 e. The van der Waals surface area contributed by atoms with Gasteiger partial charge in [-0.25, -0.2) is 9.78 Å². The highest BCUT2D eigenvalue weighted by atomic mass is 32.1. The Kier molecular flexibility index (Phi) is 10.0. The zero-order chi connectivity index (χ0) is 29.5. The number of benzene rings is 1. The Bertz CT molecular complexity index is 1330. The molecule has 2 atom stereocenters. The molecule has 2 aromatic heterocycles. The molecule has 0 spiro atoms. The molecule has 1 aromatic carbocycles. The number of aliphatic hydroxyl groups is 2. The van der Waals surface area contributed by atoms with Gasteiger partial charge >= 0.3 is 5.97 Å². The third-order valence-electron chi connectivity index (χ3n) is 6.64. The van der Waals surface area contributed by atoms with E-state index >= 15 is 0 Å². The van der Waals surface area contributed by atoms with Gasteiger partial charge in [0.2, 0.25) is 11.7 Å².